The minimum absolute atomic E-state index is 0.0772. The molecule has 0 aliphatic heterocycles. The number of hydrogen-bond acceptors (Lipinski definition) is 5. The van der Waals surface area contributed by atoms with Gasteiger partial charge in [-0.15, -0.1) is 0 Å². The van der Waals surface area contributed by atoms with Crippen molar-refractivity contribution < 1.29 is 10.0 Å². The van der Waals surface area contributed by atoms with Crippen LogP contribution in [0.25, 0.3) is 28.2 Å². The lowest BCUT2D eigenvalue weighted by molar-refractivity contribution is -0.384. The number of aromatic hydroxyl groups is 1. The Labute approximate surface area is 152 Å². The van der Waals surface area contributed by atoms with Gasteiger partial charge in [-0.1, -0.05) is 23.7 Å². The Morgan fingerprint density at radius 1 is 1.08 bits per heavy atom. The van der Waals surface area contributed by atoms with Gasteiger partial charge in [0.2, 0.25) is 0 Å². The fourth-order valence-corrected chi connectivity index (χ4v) is 2.83. The zero-order valence-corrected chi connectivity index (χ0v) is 14.0. The molecule has 0 aliphatic rings. The fraction of sp³-hybridized carbons (Fsp3) is 0. The summed E-state index contributed by atoms with van der Waals surface area (Å²) in [6.07, 6.45) is 1.57. The molecular weight excluding hydrogens is 356 g/mol. The van der Waals surface area contributed by atoms with Crippen LogP contribution >= 0.6 is 11.6 Å². The largest absolute Gasteiger partial charge is 0.507 e. The Morgan fingerprint density at radius 2 is 1.85 bits per heavy atom. The van der Waals surface area contributed by atoms with Gasteiger partial charge in [0.25, 0.3) is 5.69 Å². The van der Waals surface area contributed by atoms with Crippen LogP contribution in [-0.4, -0.2) is 24.6 Å². The van der Waals surface area contributed by atoms with Gasteiger partial charge in [-0.25, -0.2) is 9.50 Å². The fourth-order valence-electron chi connectivity index (χ4n) is 2.70. The van der Waals surface area contributed by atoms with Crippen LogP contribution in [0.2, 0.25) is 5.02 Å². The lowest BCUT2D eigenvalue weighted by atomic mass is 10.1. The van der Waals surface area contributed by atoms with E-state index >= 15 is 0 Å². The molecule has 0 fully saturated rings. The van der Waals surface area contributed by atoms with Crippen LogP contribution in [-0.2, 0) is 0 Å². The number of phenols is 1. The average Bonchev–Trinajstić information content (AvgIpc) is 3.07. The normalized spacial score (nSPS) is 11.0. The van der Waals surface area contributed by atoms with E-state index in [1.165, 1.54) is 18.2 Å². The van der Waals surface area contributed by atoms with E-state index in [1.54, 1.807) is 35.0 Å². The van der Waals surface area contributed by atoms with E-state index in [4.69, 9.17) is 11.6 Å². The van der Waals surface area contributed by atoms with Gasteiger partial charge in [0.15, 0.2) is 5.65 Å². The van der Waals surface area contributed by atoms with Crippen molar-refractivity contribution >= 4 is 22.9 Å². The van der Waals surface area contributed by atoms with Crippen LogP contribution in [0, 0.1) is 10.1 Å². The first-order valence-corrected chi connectivity index (χ1v) is 7.99. The van der Waals surface area contributed by atoms with Crippen molar-refractivity contribution in [3.8, 4) is 28.3 Å². The van der Waals surface area contributed by atoms with E-state index in [-0.39, 0.29) is 11.4 Å². The molecule has 0 bridgehead atoms. The Bertz CT molecular complexity index is 1140. The molecule has 0 saturated carbocycles. The molecule has 2 aromatic carbocycles. The molecule has 0 atom stereocenters. The molecule has 2 aromatic heterocycles. The van der Waals surface area contributed by atoms with Crippen LogP contribution in [0.1, 0.15) is 0 Å². The third-order valence-electron chi connectivity index (χ3n) is 3.96. The zero-order valence-electron chi connectivity index (χ0n) is 13.2. The summed E-state index contributed by atoms with van der Waals surface area (Å²) in [5, 5.41) is 26.4. The highest BCUT2D eigenvalue weighted by Crippen LogP contribution is 2.33. The second-order valence-corrected chi connectivity index (χ2v) is 6.03. The Balaban J connectivity index is 1.91. The number of nitro groups is 1. The molecule has 0 spiro atoms. The van der Waals surface area contributed by atoms with Crippen molar-refractivity contribution in [2.45, 2.75) is 0 Å². The highest BCUT2D eigenvalue weighted by molar-refractivity contribution is 6.30. The molecule has 1 N–H and O–H groups in total. The van der Waals surface area contributed by atoms with Crippen molar-refractivity contribution in [3.05, 3.63) is 75.9 Å². The topological polar surface area (TPSA) is 93.6 Å². The quantitative estimate of drug-likeness (QED) is 0.430. The number of halogens is 1. The molecule has 7 nitrogen and oxygen atoms in total. The summed E-state index contributed by atoms with van der Waals surface area (Å²) in [6, 6.07) is 14.5. The first-order chi connectivity index (χ1) is 12.5. The van der Waals surface area contributed by atoms with Gasteiger partial charge in [0.1, 0.15) is 5.75 Å². The summed E-state index contributed by atoms with van der Waals surface area (Å²) in [5.74, 6) is -0.0772. The number of fused-ring (bicyclic) bond motifs is 1. The Morgan fingerprint density at radius 3 is 2.58 bits per heavy atom. The maximum atomic E-state index is 11.1. The summed E-state index contributed by atoms with van der Waals surface area (Å²) >= 11 is 5.92. The lowest BCUT2D eigenvalue weighted by Crippen LogP contribution is -1.97. The number of aromatic nitrogens is 3. The van der Waals surface area contributed by atoms with Crippen molar-refractivity contribution in [2.24, 2.45) is 0 Å². The summed E-state index contributed by atoms with van der Waals surface area (Å²) in [6.45, 7) is 0. The van der Waals surface area contributed by atoms with E-state index in [1.807, 2.05) is 12.1 Å². The molecule has 0 saturated heterocycles. The lowest BCUT2D eigenvalue weighted by Gasteiger charge is -2.06. The SMILES string of the molecule is O=[N+]([O-])c1ccc(O)c(-c2ccnc3cc(-c4ccc(Cl)cc4)nn23)c1. The van der Waals surface area contributed by atoms with Crippen LogP contribution in [0.15, 0.2) is 60.8 Å². The molecule has 4 aromatic rings. The van der Waals surface area contributed by atoms with Gasteiger partial charge < -0.3 is 5.11 Å². The number of non-ortho nitro benzene ring substituents is 1. The van der Waals surface area contributed by atoms with E-state index in [2.05, 4.69) is 10.1 Å². The first-order valence-electron chi connectivity index (χ1n) is 7.61. The number of nitrogens with zero attached hydrogens (tertiary/aromatic N) is 4. The van der Waals surface area contributed by atoms with Crippen molar-refractivity contribution in [3.63, 3.8) is 0 Å². The van der Waals surface area contributed by atoms with E-state index in [0.29, 0.717) is 27.6 Å². The molecule has 4 rings (SSSR count). The number of hydrogen-bond donors (Lipinski definition) is 1. The Hall–Kier alpha value is -3.45. The third kappa shape index (κ3) is 2.74. The van der Waals surface area contributed by atoms with Crippen LogP contribution in [0.3, 0.4) is 0 Å². The van der Waals surface area contributed by atoms with E-state index in [0.717, 1.165) is 5.56 Å². The molecule has 0 aliphatic carbocycles. The maximum Gasteiger partial charge on any atom is 0.270 e. The highest BCUT2D eigenvalue weighted by Gasteiger charge is 2.16. The molecule has 2 heterocycles. The highest BCUT2D eigenvalue weighted by atomic mass is 35.5. The molecule has 26 heavy (non-hydrogen) atoms. The van der Waals surface area contributed by atoms with Crippen molar-refractivity contribution in [1.29, 1.82) is 0 Å². The standard InChI is InChI=1S/C18H11ClN4O3/c19-12-3-1-11(2-4-12)15-10-18-20-8-7-16(22(18)21-15)14-9-13(23(25)26)5-6-17(14)24/h1-10,24H. The van der Waals surface area contributed by atoms with E-state index in [9.17, 15) is 15.2 Å². The monoisotopic (exact) mass is 366 g/mol. The van der Waals surface area contributed by atoms with Crippen molar-refractivity contribution in [2.75, 3.05) is 0 Å². The predicted octanol–water partition coefficient (Wildman–Crippen LogP) is 4.33. The van der Waals surface area contributed by atoms with Gasteiger partial charge in [-0.2, -0.15) is 5.10 Å². The predicted molar refractivity (Wildman–Crippen MR) is 97.2 cm³/mol. The van der Waals surface area contributed by atoms with Crippen LogP contribution < -0.4 is 0 Å². The molecule has 0 radical (unpaired) electrons. The zero-order chi connectivity index (χ0) is 18.3. The van der Waals surface area contributed by atoms with Gasteiger partial charge in [0.05, 0.1) is 16.3 Å². The summed E-state index contributed by atoms with van der Waals surface area (Å²) in [7, 11) is 0. The number of phenolic OH excluding ortho intramolecular Hbond substituents is 1. The second-order valence-electron chi connectivity index (χ2n) is 5.60. The van der Waals surface area contributed by atoms with Gasteiger partial charge in [-0.05, 0) is 24.3 Å². The second kappa shape index (κ2) is 6.12. The van der Waals surface area contributed by atoms with Crippen molar-refractivity contribution in [1.82, 2.24) is 14.6 Å². The molecule has 128 valence electrons. The average molecular weight is 367 g/mol. The molecule has 0 unspecified atom stereocenters. The smallest absolute Gasteiger partial charge is 0.270 e. The maximum absolute atomic E-state index is 11.1. The van der Waals surface area contributed by atoms with Gasteiger partial charge >= 0.3 is 0 Å². The van der Waals surface area contributed by atoms with Crippen LogP contribution in [0.4, 0.5) is 5.69 Å². The van der Waals surface area contributed by atoms with Crippen LogP contribution in [0.5, 0.6) is 5.75 Å². The number of rotatable bonds is 3. The molecule has 0 amide bonds. The van der Waals surface area contributed by atoms with Gasteiger partial charge in [-0.3, -0.25) is 10.1 Å². The first kappa shape index (κ1) is 16.0. The minimum Gasteiger partial charge on any atom is -0.507 e. The molecular formula is C18H11ClN4O3. The molecule has 8 heteroatoms. The summed E-state index contributed by atoms with van der Waals surface area (Å²) < 4.78 is 1.54. The Kier molecular flexibility index (Phi) is 3.78. The third-order valence-corrected chi connectivity index (χ3v) is 4.22. The summed E-state index contributed by atoms with van der Waals surface area (Å²) in [5.41, 5.74) is 2.76. The van der Waals surface area contributed by atoms with Gasteiger partial charge in [0, 0.05) is 40.5 Å². The van der Waals surface area contributed by atoms with E-state index < -0.39 is 4.92 Å². The summed E-state index contributed by atoms with van der Waals surface area (Å²) in [4.78, 5) is 14.8. The number of benzene rings is 2. The minimum atomic E-state index is -0.510. The number of nitro benzene ring substituents is 1.